The van der Waals surface area contributed by atoms with E-state index in [0.29, 0.717) is 12.6 Å². The molecule has 2 aromatic carbocycles. The number of aryl methyl sites for hydroxylation is 1. The first-order valence-corrected chi connectivity index (χ1v) is 8.76. The van der Waals surface area contributed by atoms with E-state index in [1.165, 1.54) is 5.56 Å². The highest BCUT2D eigenvalue weighted by atomic mass is 35.5. The molecule has 0 aromatic heterocycles. The van der Waals surface area contributed by atoms with Crippen LogP contribution in [0.15, 0.2) is 48.5 Å². The Bertz CT molecular complexity index is 636. The van der Waals surface area contributed by atoms with Crippen molar-refractivity contribution in [2.24, 2.45) is 0 Å². The van der Waals surface area contributed by atoms with Crippen molar-refractivity contribution in [3.8, 4) is 0 Å². The second-order valence-corrected chi connectivity index (χ2v) is 7.02. The average Bonchev–Trinajstić information content (AvgIpc) is 2.48. The summed E-state index contributed by atoms with van der Waals surface area (Å²) in [6.07, 6.45) is 1.82. The molecule has 2 aromatic rings. The number of carbonyl (C=O) groups is 1. The lowest BCUT2D eigenvalue weighted by molar-refractivity contribution is 0.107. The summed E-state index contributed by atoms with van der Waals surface area (Å²) in [4.78, 5) is 12.2. The van der Waals surface area contributed by atoms with Crippen LogP contribution in [0, 0.1) is 0 Å². The van der Waals surface area contributed by atoms with Gasteiger partial charge in [0.25, 0.3) is 0 Å². The Balaban J connectivity index is 1.96. The van der Waals surface area contributed by atoms with Gasteiger partial charge in [-0.1, -0.05) is 64.2 Å². The van der Waals surface area contributed by atoms with E-state index in [4.69, 9.17) is 23.2 Å². The minimum Gasteiger partial charge on any atom is -0.234 e. The lowest BCUT2D eigenvalue weighted by Crippen LogP contribution is -1.99. The lowest BCUT2D eigenvalue weighted by Gasteiger charge is -1.99. The van der Waals surface area contributed by atoms with Crippen molar-refractivity contribution in [2.45, 2.75) is 12.8 Å². The smallest absolute Gasteiger partial charge is 0.234 e. The third-order valence-corrected chi connectivity index (χ3v) is 5.10. The summed E-state index contributed by atoms with van der Waals surface area (Å²) < 4.78 is 12.1. The van der Waals surface area contributed by atoms with Crippen molar-refractivity contribution in [2.75, 3.05) is 6.16 Å². The van der Waals surface area contributed by atoms with E-state index in [1.54, 1.807) is 18.2 Å². The van der Waals surface area contributed by atoms with E-state index in [-0.39, 0.29) is 15.6 Å². The van der Waals surface area contributed by atoms with Crippen LogP contribution in [-0.4, -0.2) is 11.7 Å². The van der Waals surface area contributed by atoms with Crippen molar-refractivity contribution in [1.82, 2.24) is 0 Å². The van der Waals surface area contributed by atoms with Gasteiger partial charge in [-0.05, 0) is 30.5 Å². The summed E-state index contributed by atoms with van der Waals surface area (Å²) in [7, 11) is -2.00. The highest BCUT2D eigenvalue weighted by molar-refractivity contribution is 7.64. The fraction of sp³-hybridized carbons (Fsp3) is 0.188. The minimum atomic E-state index is -2.00. The van der Waals surface area contributed by atoms with Crippen LogP contribution in [0.1, 0.15) is 22.3 Å². The fourth-order valence-corrected chi connectivity index (χ4v) is 3.84. The molecule has 0 saturated carbocycles. The molecule has 2 nitrogen and oxygen atoms in total. The Morgan fingerprint density at radius 2 is 1.57 bits per heavy atom. The van der Waals surface area contributed by atoms with Crippen LogP contribution in [0.5, 0.6) is 0 Å². The Morgan fingerprint density at radius 1 is 0.952 bits per heavy atom. The number of hydrogen-bond acceptors (Lipinski definition) is 2. The van der Waals surface area contributed by atoms with E-state index in [1.807, 2.05) is 30.3 Å². The van der Waals surface area contributed by atoms with Gasteiger partial charge in [0.05, 0.1) is 10.0 Å². The Morgan fingerprint density at radius 3 is 2.19 bits per heavy atom. The van der Waals surface area contributed by atoms with Gasteiger partial charge in [-0.25, -0.2) is 4.79 Å². The molecule has 0 amide bonds. The molecule has 108 valence electrons. The van der Waals surface area contributed by atoms with Gasteiger partial charge < -0.3 is 0 Å². The zero-order chi connectivity index (χ0) is 15.2. The third kappa shape index (κ3) is 4.38. The van der Waals surface area contributed by atoms with Crippen molar-refractivity contribution >= 4 is 36.5 Å². The molecular formula is C16H14Cl2O2P+. The summed E-state index contributed by atoms with van der Waals surface area (Å²) in [5.41, 5.74) is 0.874. The largest absolute Gasteiger partial charge is 0.420 e. The predicted octanol–water partition coefficient (Wildman–Crippen LogP) is 5.59. The Labute approximate surface area is 134 Å². The molecule has 0 bridgehead atoms. The van der Waals surface area contributed by atoms with Crippen LogP contribution in [0.3, 0.4) is 0 Å². The molecule has 0 aliphatic carbocycles. The van der Waals surface area contributed by atoms with E-state index >= 15 is 0 Å². The van der Waals surface area contributed by atoms with Crippen LogP contribution in [0.4, 0.5) is 0 Å². The summed E-state index contributed by atoms with van der Waals surface area (Å²) in [5, 5.41) is 0.498. The minimum absolute atomic E-state index is 0.168. The molecule has 0 aliphatic heterocycles. The van der Waals surface area contributed by atoms with Gasteiger partial charge in [0.15, 0.2) is 6.16 Å². The maximum atomic E-state index is 12.2. The zero-order valence-electron chi connectivity index (χ0n) is 11.3. The van der Waals surface area contributed by atoms with E-state index in [9.17, 15) is 9.36 Å². The SMILES string of the molecule is O=C(c1c(Cl)cccc1Cl)[P+](=O)CCCc1ccccc1. The summed E-state index contributed by atoms with van der Waals surface area (Å²) >= 11 is 11.9. The van der Waals surface area contributed by atoms with Gasteiger partial charge in [-0.3, -0.25) is 0 Å². The van der Waals surface area contributed by atoms with Crippen LogP contribution < -0.4 is 0 Å². The van der Waals surface area contributed by atoms with Crippen LogP contribution >= 0.6 is 31.0 Å². The Hall–Kier alpha value is -1.21. The molecule has 5 heteroatoms. The number of benzene rings is 2. The molecule has 0 heterocycles. The van der Waals surface area contributed by atoms with Gasteiger partial charge in [0, 0.05) is 0 Å². The van der Waals surface area contributed by atoms with E-state index in [2.05, 4.69) is 0 Å². The fourth-order valence-electron chi connectivity index (χ4n) is 2.00. The molecule has 0 radical (unpaired) electrons. The maximum absolute atomic E-state index is 12.2. The first kappa shape index (κ1) is 16.2. The van der Waals surface area contributed by atoms with Gasteiger partial charge in [0.1, 0.15) is 5.56 Å². The molecule has 0 N–H and O–H groups in total. The monoisotopic (exact) mass is 339 g/mol. The normalized spacial score (nSPS) is 11.2. The summed E-state index contributed by atoms with van der Waals surface area (Å²) in [5.74, 6) is 0. The maximum Gasteiger partial charge on any atom is 0.420 e. The molecule has 0 fully saturated rings. The van der Waals surface area contributed by atoms with Crippen LogP contribution in [-0.2, 0) is 11.0 Å². The molecule has 0 spiro atoms. The van der Waals surface area contributed by atoms with E-state index in [0.717, 1.165) is 6.42 Å². The first-order chi connectivity index (χ1) is 10.1. The van der Waals surface area contributed by atoms with Crippen molar-refractivity contribution < 1.29 is 9.36 Å². The lowest BCUT2D eigenvalue weighted by atomic mass is 10.1. The van der Waals surface area contributed by atoms with Crippen LogP contribution in [0.2, 0.25) is 10.0 Å². The first-order valence-electron chi connectivity index (χ1n) is 6.56. The van der Waals surface area contributed by atoms with Gasteiger partial charge >= 0.3 is 13.3 Å². The number of halogens is 2. The second-order valence-electron chi connectivity index (χ2n) is 4.59. The molecule has 1 atom stereocenters. The summed E-state index contributed by atoms with van der Waals surface area (Å²) in [6, 6.07) is 14.7. The van der Waals surface area contributed by atoms with Crippen molar-refractivity contribution in [3.63, 3.8) is 0 Å². The third-order valence-electron chi connectivity index (χ3n) is 3.07. The topological polar surface area (TPSA) is 34.1 Å². The molecule has 21 heavy (non-hydrogen) atoms. The van der Waals surface area contributed by atoms with Gasteiger partial charge in [0.2, 0.25) is 0 Å². The van der Waals surface area contributed by atoms with Gasteiger partial charge in [-0.15, -0.1) is 0 Å². The zero-order valence-corrected chi connectivity index (χ0v) is 13.7. The quantitative estimate of drug-likeness (QED) is 0.642. The molecular weight excluding hydrogens is 326 g/mol. The summed E-state index contributed by atoms with van der Waals surface area (Å²) in [6.45, 7) is 0. The number of hydrogen-bond donors (Lipinski definition) is 0. The van der Waals surface area contributed by atoms with Crippen LogP contribution in [0.25, 0.3) is 0 Å². The number of rotatable bonds is 6. The molecule has 2 rings (SSSR count). The second kappa shape index (κ2) is 7.70. The molecule has 0 saturated heterocycles. The average molecular weight is 340 g/mol. The molecule has 1 unspecified atom stereocenters. The predicted molar refractivity (Wildman–Crippen MR) is 88.0 cm³/mol. The highest BCUT2D eigenvalue weighted by Gasteiger charge is 2.32. The Kier molecular flexibility index (Phi) is 5.93. The highest BCUT2D eigenvalue weighted by Crippen LogP contribution is 2.35. The standard InChI is InChI=1S/C16H14Cl2O2P/c17-13-9-4-10-14(18)15(13)16(19)21(20)11-5-8-12-6-2-1-3-7-12/h1-4,6-7,9-10H,5,8,11H2/q+1. The van der Waals surface area contributed by atoms with E-state index < -0.39 is 13.3 Å². The van der Waals surface area contributed by atoms with Crippen molar-refractivity contribution in [1.29, 1.82) is 0 Å². The van der Waals surface area contributed by atoms with Gasteiger partial charge in [-0.2, -0.15) is 0 Å². The number of carbonyl (C=O) groups excluding carboxylic acids is 1. The van der Waals surface area contributed by atoms with Crippen molar-refractivity contribution in [3.05, 3.63) is 69.7 Å². The molecule has 0 aliphatic rings.